The molecule has 4 nitrogen and oxygen atoms in total. The predicted molar refractivity (Wildman–Crippen MR) is 114 cm³/mol. The molecule has 29 heavy (non-hydrogen) atoms. The number of hydrogen-bond acceptors (Lipinski definition) is 3. The summed E-state index contributed by atoms with van der Waals surface area (Å²) in [5.74, 6) is 0.386. The number of rotatable bonds is 4. The van der Waals surface area contributed by atoms with Gasteiger partial charge in [0, 0.05) is 28.9 Å². The summed E-state index contributed by atoms with van der Waals surface area (Å²) in [6, 6.07) is 9.40. The first kappa shape index (κ1) is 18.4. The lowest BCUT2D eigenvalue weighted by molar-refractivity contribution is 0.229. The van der Waals surface area contributed by atoms with E-state index in [2.05, 4.69) is 27.0 Å². The minimum absolute atomic E-state index is 0.274. The number of methoxy groups -OCH3 is 1. The summed E-state index contributed by atoms with van der Waals surface area (Å²) in [5, 5.41) is 0.994. The second-order valence-corrected chi connectivity index (χ2v) is 8.05. The van der Waals surface area contributed by atoms with Gasteiger partial charge in [-0.15, -0.1) is 0 Å². The maximum absolute atomic E-state index is 13.9. The lowest BCUT2D eigenvalue weighted by atomic mass is 9.92. The van der Waals surface area contributed by atoms with E-state index >= 15 is 0 Å². The van der Waals surface area contributed by atoms with Crippen LogP contribution in [0.3, 0.4) is 0 Å². The normalized spacial score (nSPS) is 20.2. The van der Waals surface area contributed by atoms with E-state index in [1.165, 1.54) is 50.1 Å². The number of hydrogen-bond donors (Lipinski definition) is 1. The zero-order chi connectivity index (χ0) is 19.8. The zero-order valence-electron chi connectivity index (χ0n) is 16.7. The van der Waals surface area contributed by atoms with E-state index in [9.17, 15) is 4.39 Å². The number of aromatic amines is 1. The fraction of sp³-hybridized carbons (Fsp3) is 0.375. The SMILES string of the molecule is COc1ccc(F)cc1-c1ccnc2[nH]c(C3=CCC(N4CCCC4)CC3)cc12. The second-order valence-electron chi connectivity index (χ2n) is 8.05. The van der Waals surface area contributed by atoms with Gasteiger partial charge in [-0.05, 0) is 86.7 Å². The van der Waals surface area contributed by atoms with Crippen LogP contribution in [0.1, 0.15) is 37.8 Å². The van der Waals surface area contributed by atoms with Crippen LogP contribution in [0.5, 0.6) is 5.75 Å². The van der Waals surface area contributed by atoms with E-state index < -0.39 is 0 Å². The fourth-order valence-corrected chi connectivity index (χ4v) is 4.83. The molecular weight excluding hydrogens is 365 g/mol. The molecule has 150 valence electrons. The van der Waals surface area contributed by atoms with E-state index in [0.29, 0.717) is 11.8 Å². The van der Waals surface area contributed by atoms with Gasteiger partial charge >= 0.3 is 0 Å². The molecule has 3 aromatic rings. The Hall–Kier alpha value is -2.66. The van der Waals surface area contributed by atoms with Crippen molar-refractivity contribution in [3.05, 3.63) is 54.1 Å². The van der Waals surface area contributed by atoms with Crippen molar-refractivity contribution in [1.82, 2.24) is 14.9 Å². The van der Waals surface area contributed by atoms with Crippen molar-refractivity contribution in [1.29, 1.82) is 0 Å². The van der Waals surface area contributed by atoms with Crippen LogP contribution in [0.4, 0.5) is 4.39 Å². The molecule has 1 N–H and O–H groups in total. The van der Waals surface area contributed by atoms with Gasteiger partial charge in [-0.1, -0.05) is 6.08 Å². The van der Waals surface area contributed by atoms with Crippen LogP contribution < -0.4 is 4.74 Å². The Bertz CT molecular complexity index is 1070. The summed E-state index contributed by atoms with van der Waals surface area (Å²) in [7, 11) is 1.61. The molecule has 0 saturated carbocycles. The topological polar surface area (TPSA) is 41.1 Å². The number of benzene rings is 1. The largest absolute Gasteiger partial charge is 0.496 e. The highest BCUT2D eigenvalue weighted by Gasteiger charge is 2.24. The van der Waals surface area contributed by atoms with Crippen molar-refractivity contribution in [3.8, 4) is 16.9 Å². The number of allylic oxidation sites excluding steroid dienone is 1. The van der Waals surface area contributed by atoms with Gasteiger partial charge in [0.2, 0.25) is 0 Å². The Morgan fingerprint density at radius 3 is 2.76 bits per heavy atom. The van der Waals surface area contributed by atoms with Gasteiger partial charge in [-0.25, -0.2) is 9.37 Å². The third-order valence-electron chi connectivity index (χ3n) is 6.37. The molecule has 2 aromatic heterocycles. The minimum atomic E-state index is -0.274. The lowest BCUT2D eigenvalue weighted by Crippen LogP contribution is -2.33. The van der Waals surface area contributed by atoms with E-state index in [1.807, 2.05) is 6.07 Å². The van der Waals surface area contributed by atoms with E-state index in [-0.39, 0.29) is 5.82 Å². The second kappa shape index (κ2) is 7.64. The third kappa shape index (κ3) is 3.44. The van der Waals surface area contributed by atoms with Crippen molar-refractivity contribution in [2.75, 3.05) is 20.2 Å². The molecule has 2 aliphatic rings. The highest BCUT2D eigenvalue weighted by molar-refractivity contribution is 5.96. The summed E-state index contributed by atoms with van der Waals surface area (Å²) in [6.45, 7) is 2.51. The summed E-state index contributed by atoms with van der Waals surface area (Å²) in [4.78, 5) is 10.6. The summed E-state index contributed by atoms with van der Waals surface area (Å²) in [5.41, 5.74) is 4.98. The number of aromatic nitrogens is 2. The Morgan fingerprint density at radius 1 is 1.14 bits per heavy atom. The molecule has 1 aromatic carbocycles. The molecule has 5 heteroatoms. The van der Waals surface area contributed by atoms with Gasteiger partial charge in [0.15, 0.2) is 0 Å². The molecule has 1 fully saturated rings. The zero-order valence-corrected chi connectivity index (χ0v) is 16.7. The lowest BCUT2D eigenvalue weighted by Gasteiger charge is -2.30. The number of pyridine rings is 1. The predicted octanol–water partition coefficient (Wildman–Crippen LogP) is 5.41. The van der Waals surface area contributed by atoms with Gasteiger partial charge in [-0.3, -0.25) is 0 Å². The summed E-state index contributed by atoms with van der Waals surface area (Å²) in [6.07, 6.45) is 10.2. The number of nitrogens with zero attached hydrogens (tertiary/aromatic N) is 2. The van der Waals surface area contributed by atoms with Gasteiger partial charge in [0.25, 0.3) is 0 Å². The quantitative estimate of drug-likeness (QED) is 0.647. The van der Waals surface area contributed by atoms with Gasteiger partial charge in [0.1, 0.15) is 17.2 Å². The summed E-state index contributed by atoms with van der Waals surface area (Å²) >= 11 is 0. The van der Waals surface area contributed by atoms with Crippen LogP contribution in [-0.2, 0) is 0 Å². The Morgan fingerprint density at radius 2 is 2.00 bits per heavy atom. The van der Waals surface area contributed by atoms with Crippen LogP contribution in [-0.4, -0.2) is 41.1 Å². The molecule has 1 aliphatic heterocycles. The first-order valence-electron chi connectivity index (χ1n) is 10.5. The standard InChI is InChI=1S/C24H26FN3O/c1-29-23-9-6-17(25)14-20(23)19-10-11-26-24-21(19)15-22(27-24)16-4-7-18(8-5-16)28-12-2-3-13-28/h4,6,9-11,14-15,18H,2-3,5,7-8,12-13H2,1H3,(H,26,27). The van der Waals surface area contributed by atoms with Crippen LogP contribution in [0.25, 0.3) is 27.7 Å². The maximum atomic E-state index is 13.9. The number of fused-ring (bicyclic) bond motifs is 1. The summed E-state index contributed by atoms with van der Waals surface area (Å²) < 4.78 is 19.4. The van der Waals surface area contributed by atoms with E-state index in [4.69, 9.17) is 4.74 Å². The monoisotopic (exact) mass is 391 g/mol. The first-order chi connectivity index (χ1) is 14.2. The van der Waals surface area contributed by atoms with Crippen LogP contribution in [0.15, 0.2) is 42.6 Å². The maximum Gasteiger partial charge on any atom is 0.138 e. The van der Waals surface area contributed by atoms with E-state index in [0.717, 1.165) is 40.7 Å². The first-order valence-corrected chi connectivity index (χ1v) is 10.5. The van der Waals surface area contributed by atoms with Gasteiger partial charge in [-0.2, -0.15) is 0 Å². The molecule has 0 spiro atoms. The van der Waals surface area contributed by atoms with Gasteiger partial charge in [0.05, 0.1) is 7.11 Å². The van der Waals surface area contributed by atoms with Crippen molar-refractivity contribution in [3.63, 3.8) is 0 Å². The third-order valence-corrected chi connectivity index (χ3v) is 6.37. The Balaban J connectivity index is 1.49. The number of H-pyrrole nitrogens is 1. The highest BCUT2D eigenvalue weighted by Crippen LogP contribution is 2.37. The number of nitrogens with one attached hydrogen (secondary N) is 1. The number of likely N-dealkylation sites (tertiary alicyclic amines) is 1. The molecule has 0 radical (unpaired) electrons. The van der Waals surface area contributed by atoms with E-state index in [1.54, 1.807) is 19.4 Å². The molecule has 1 unspecified atom stereocenters. The highest BCUT2D eigenvalue weighted by atomic mass is 19.1. The Labute approximate surface area is 170 Å². The molecule has 0 bridgehead atoms. The number of halogens is 1. The molecule has 1 aliphatic carbocycles. The average Bonchev–Trinajstić information content (AvgIpc) is 3.43. The smallest absolute Gasteiger partial charge is 0.138 e. The Kier molecular flexibility index (Phi) is 4.84. The minimum Gasteiger partial charge on any atom is -0.496 e. The molecule has 3 heterocycles. The molecular formula is C24H26FN3O. The molecule has 5 rings (SSSR count). The number of ether oxygens (including phenoxy) is 1. The molecule has 1 saturated heterocycles. The van der Waals surface area contributed by atoms with Crippen molar-refractivity contribution < 1.29 is 9.13 Å². The molecule has 1 atom stereocenters. The fourth-order valence-electron chi connectivity index (χ4n) is 4.83. The van der Waals surface area contributed by atoms with Crippen LogP contribution >= 0.6 is 0 Å². The molecule has 0 amide bonds. The van der Waals surface area contributed by atoms with Gasteiger partial charge < -0.3 is 14.6 Å². The average molecular weight is 391 g/mol. The van der Waals surface area contributed by atoms with Crippen molar-refractivity contribution >= 4 is 16.6 Å². The van der Waals surface area contributed by atoms with Crippen LogP contribution in [0.2, 0.25) is 0 Å². The van der Waals surface area contributed by atoms with Crippen molar-refractivity contribution in [2.24, 2.45) is 0 Å². The van der Waals surface area contributed by atoms with Crippen LogP contribution in [0, 0.1) is 5.82 Å². The van der Waals surface area contributed by atoms with Crippen molar-refractivity contribution in [2.45, 2.75) is 38.1 Å².